The first kappa shape index (κ1) is 10.2. The lowest BCUT2D eigenvalue weighted by atomic mass is 10.3. The van der Waals surface area contributed by atoms with Gasteiger partial charge in [0, 0.05) is 12.1 Å². The van der Waals surface area contributed by atoms with Gasteiger partial charge in [-0.15, -0.1) is 0 Å². The molecule has 1 N–H and O–H groups in total. The average molecular weight is 230 g/mol. The van der Waals surface area contributed by atoms with Crippen molar-refractivity contribution in [2.75, 3.05) is 5.32 Å². The van der Waals surface area contributed by atoms with Gasteiger partial charge in [0.05, 0.1) is 17.1 Å². The summed E-state index contributed by atoms with van der Waals surface area (Å²) in [5.74, 6) is -0.364. The highest BCUT2D eigenvalue weighted by molar-refractivity contribution is 6.31. The molecule has 0 saturated heterocycles. The monoisotopic (exact) mass is 229 g/mol. The Morgan fingerprint density at radius 3 is 3.07 bits per heavy atom. The van der Waals surface area contributed by atoms with E-state index in [0.29, 0.717) is 11.4 Å². The number of fused-ring (bicyclic) bond motifs is 1. The van der Waals surface area contributed by atoms with Gasteiger partial charge in [-0.3, -0.25) is 4.79 Å². The lowest BCUT2D eigenvalue weighted by molar-refractivity contribution is -0.117. The van der Waals surface area contributed by atoms with Crippen LogP contribution in [0.4, 0.5) is 10.1 Å². The molecule has 2 rings (SSSR count). The van der Waals surface area contributed by atoms with Crippen molar-refractivity contribution < 1.29 is 13.9 Å². The van der Waals surface area contributed by atoms with Crippen LogP contribution in [0.3, 0.4) is 0 Å². The first-order valence-electron chi connectivity index (χ1n) is 4.52. The van der Waals surface area contributed by atoms with Crippen LogP contribution in [-0.4, -0.2) is 12.0 Å². The highest BCUT2D eigenvalue weighted by atomic mass is 35.5. The van der Waals surface area contributed by atoms with Gasteiger partial charge in [-0.05, 0) is 6.92 Å². The van der Waals surface area contributed by atoms with Crippen molar-refractivity contribution in [1.82, 2.24) is 0 Å². The third kappa shape index (κ3) is 2.04. The summed E-state index contributed by atoms with van der Waals surface area (Å²) in [6.45, 7) is 1.77. The Bertz CT molecular complexity index is 422. The molecule has 0 aliphatic carbocycles. The molecule has 1 aliphatic heterocycles. The van der Waals surface area contributed by atoms with Crippen LogP contribution in [0.1, 0.15) is 13.3 Å². The van der Waals surface area contributed by atoms with E-state index in [0.717, 1.165) is 6.07 Å². The maximum atomic E-state index is 13.1. The third-order valence-electron chi connectivity index (χ3n) is 2.10. The molecule has 3 nitrogen and oxygen atoms in total. The second-order valence-corrected chi connectivity index (χ2v) is 3.85. The molecule has 0 spiro atoms. The summed E-state index contributed by atoms with van der Waals surface area (Å²) < 4.78 is 18.6. The standard InChI is InChI=1S/C10H9ClFNO2/c1-5-2-10(14)13-8-4-7(12)6(11)3-9(8)15-5/h3-5H,2H2,1H3,(H,13,14). The maximum Gasteiger partial charge on any atom is 0.228 e. The van der Waals surface area contributed by atoms with Crippen LogP contribution in [-0.2, 0) is 4.79 Å². The second kappa shape index (κ2) is 3.70. The lowest BCUT2D eigenvalue weighted by Gasteiger charge is -2.11. The van der Waals surface area contributed by atoms with Crippen molar-refractivity contribution >= 4 is 23.2 Å². The Morgan fingerprint density at radius 1 is 1.60 bits per heavy atom. The van der Waals surface area contributed by atoms with E-state index in [1.807, 2.05) is 0 Å². The molecule has 1 unspecified atom stereocenters. The summed E-state index contributed by atoms with van der Waals surface area (Å²) in [4.78, 5) is 11.3. The molecule has 0 aromatic heterocycles. The first-order valence-corrected chi connectivity index (χ1v) is 4.89. The second-order valence-electron chi connectivity index (χ2n) is 3.44. The quantitative estimate of drug-likeness (QED) is 0.743. The van der Waals surface area contributed by atoms with Crippen molar-refractivity contribution in [2.24, 2.45) is 0 Å². The Kier molecular flexibility index (Phi) is 2.52. The van der Waals surface area contributed by atoms with Gasteiger partial charge in [-0.25, -0.2) is 4.39 Å². The summed E-state index contributed by atoms with van der Waals surface area (Å²) in [5.41, 5.74) is 0.325. The van der Waals surface area contributed by atoms with E-state index < -0.39 is 5.82 Å². The number of hydrogen-bond donors (Lipinski definition) is 1. The number of anilines is 1. The minimum atomic E-state index is -0.575. The van der Waals surface area contributed by atoms with Gasteiger partial charge in [0.15, 0.2) is 0 Å². The molecule has 80 valence electrons. The van der Waals surface area contributed by atoms with Gasteiger partial charge in [0.1, 0.15) is 17.7 Å². The normalized spacial score (nSPS) is 19.9. The summed E-state index contributed by atoms with van der Waals surface area (Å²) in [5, 5.41) is 2.54. The van der Waals surface area contributed by atoms with Crippen LogP contribution in [0.5, 0.6) is 5.75 Å². The molecule has 0 fully saturated rings. The Balaban J connectivity index is 2.46. The van der Waals surface area contributed by atoms with Crippen LogP contribution in [0.2, 0.25) is 5.02 Å². The van der Waals surface area contributed by atoms with Gasteiger partial charge in [0.25, 0.3) is 0 Å². The number of halogens is 2. The number of nitrogens with one attached hydrogen (secondary N) is 1. The molecule has 1 atom stereocenters. The highest BCUT2D eigenvalue weighted by Crippen LogP contribution is 2.33. The summed E-state index contributed by atoms with van der Waals surface area (Å²) in [6, 6.07) is 2.53. The predicted molar refractivity (Wildman–Crippen MR) is 54.7 cm³/mol. The van der Waals surface area contributed by atoms with Crippen LogP contribution >= 0.6 is 11.6 Å². The van der Waals surface area contributed by atoms with Gasteiger partial charge in [-0.1, -0.05) is 11.6 Å². The molecule has 0 radical (unpaired) electrons. The van der Waals surface area contributed by atoms with E-state index in [9.17, 15) is 9.18 Å². The summed E-state index contributed by atoms with van der Waals surface area (Å²) >= 11 is 5.62. The van der Waals surface area contributed by atoms with Crippen molar-refractivity contribution in [3.05, 3.63) is 23.0 Å². The highest BCUT2D eigenvalue weighted by Gasteiger charge is 2.20. The van der Waals surface area contributed by atoms with Gasteiger partial charge < -0.3 is 10.1 Å². The van der Waals surface area contributed by atoms with E-state index >= 15 is 0 Å². The lowest BCUT2D eigenvalue weighted by Crippen LogP contribution is -2.17. The van der Waals surface area contributed by atoms with Crippen LogP contribution < -0.4 is 10.1 Å². The zero-order valence-electron chi connectivity index (χ0n) is 8.01. The minimum Gasteiger partial charge on any atom is -0.488 e. The van der Waals surface area contributed by atoms with Gasteiger partial charge in [0.2, 0.25) is 5.91 Å². The zero-order chi connectivity index (χ0) is 11.0. The van der Waals surface area contributed by atoms with Gasteiger partial charge in [-0.2, -0.15) is 0 Å². The molecule has 1 aliphatic rings. The fourth-order valence-corrected chi connectivity index (χ4v) is 1.60. The molecular formula is C10H9ClFNO2. The topological polar surface area (TPSA) is 38.3 Å². The molecule has 5 heteroatoms. The van der Waals surface area contributed by atoms with Crippen molar-refractivity contribution in [2.45, 2.75) is 19.4 Å². The summed E-state index contributed by atoms with van der Waals surface area (Å²) in [7, 11) is 0. The van der Waals surface area contributed by atoms with Gasteiger partial charge >= 0.3 is 0 Å². The SMILES string of the molecule is CC1CC(=O)Nc2cc(F)c(Cl)cc2O1. The Morgan fingerprint density at radius 2 is 2.33 bits per heavy atom. The fourth-order valence-electron chi connectivity index (χ4n) is 1.44. The minimum absolute atomic E-state index is 0.0166. The van der Waals surface area contributed by atoms with E-state index in [4.69, 9.17) is 16.3 Å². The molecular weight excluding hydrogens is 221 g/mol. The Labute approximate surface area is 91.2 Å². The third-order valence-corrected chi connectivity index (χ3v) is 2.39. The average Bonchev–Trinajstić information content (AvgIpc) is 2.24. The molecule has 1 amide bonds. The molecule has 1 heterocycles. The maximum absolute atomic E-state index is 13.1. The number of carbonyl (C=O) groups is 1. The zero-order valence-corrected chi connectivity index (χ0v) is 8.77. The van der Waals surface area contributed by atoms with Crippen LogP contribution in [0, 0.1) is 5.82 Å². The smallest absolute Gasteiger partial charge is 0.228 e. The predicted octanol–water partition coefficient (Wildman–Crippen LogP) is 2.59. The number of ether oxygens (including phenoxy) is 1. The van der Waals surface area contributed by atoms with Crippen LogP contribution in [0.15, 0.2) is 12.1 Å². The van der Waals surface area contributed by atoms with Crippen LogP contribution in [0.25, 0.3) is 0 Å². The largest absolute Gasteiger partial charge is 0.488 e. The molecule has 0 saturated carbocycles. The van der Waals surface area contributed by atoms with E-state index in [2.05, 4.69) is 5.32 Å². The summed E-state index contributed by atoms with van der Waals surface area (Å²) in [6.07, 6.45) is 0.00117. The van der Waals surface area contributed by atoms with E-state index in [1.54, 1.807) is 6.92 Å². The van der Waals surface area contributed by atoms with Crippen molar-refractivity contribution in [3.8, 4) is 5.75 Å². The van der Waals surface area contributed by atoms with Crippen molar-refractivity contribution in [1.29, 1.82) is 0 Å². The molecule has 1 aromatic rings. The van der Waals surface area contributed by atoms with Crippen molar-refractivity contribution in [3.63, 3.8) is 0 Å². The number of benzene rings is 1. The first-order chi connectivity index (χ1) is 7.06. The number of carbonyl (C=O) groups excluding carboxylic acids is 1. The number of amides is 1. The van der Waals surface area contributed by atoms with E-state index in [-0.39, 0.29) is 23.5 Å². The Hall–Kier alpha value is -1.29. The number of rotatable bonds is 0. The fraction of sp³-hybridized carbons (Fsp3) is 0.300. The van der Waals surface area contributed by atoms with E-state index in [1.165, 1.54) is 6.07 Å². The molecule has 15 heavy (non-hydrogen) atoms. The molecule has 1 aromatic carbocycles. The number of hydrogen-bond acceptors (Lipinski definition) is 2. The molecule has 0 bridgehead atoms.